The van der Waals surface area contributed by atoms with Crippen LogP contribution >= 0.6 is 12.2 Å². The predicted octanol–water partition coefficient (Wildman–Crippen LogP) is 3.14. The van der Waals surface area contributed by atoms with Gasteiger partial charge in [-0.2, -0.15) is 0 Å². The van der Waals surface area contributed by atoms with Crippen LogP contribution in [0.2, 0.25) is 0 Å². The molecule has 0 fully saturated rings. The van der Waals surface area contributed by atoms with Gasteiger partial charge in [0.15, 0.2) is 5.11 Å². The van der Waals surface area contributed by atoms with Gasteiger partial charge in [-0.3, -0.25) is 4.79 Å². The summed E-state index contributed by atoms with van der Waals surface area (Å²) in [6.07, 6.45) is 1.82. The number of nitrogens with one attached hydrogen (secondary N) is 1. The Kier molecular flexibility index (Phi) is 4.30. The van der Waals surface area contributed by atoms with Gasteiger partial charge in [0.25, 0.3) is 0 Å². The Bertz CT molecular complexity index is 773. The van der Waals surface area contributed by atoms with Crippen molar-refractivity contribution in [3.8, 4) is 0 Å². The first kappa shape index (κ1) is 15.5. The quantitative estimate of drug-likeness (QED) is 0.505. The van der Waals surface area contributed by atoms with Crippen molar-refractivity contribution in [2.24, 2.45) is 0 Å². The molecule has 1 aliphatic rings. The number of hydrogen-bond acceptors (Lipinski definition) is 3. The summed E-state index contributed by atoms with van der Waals surface area (Å²) < 4.78 is 0. The minimum atomic E-state index is 0.691. The second-order valence-electron chi connectivity index (χ2n) is 5.82. The molecule has 0 radical (unpaired) electrons. The molecule has 0 bridgehead atoms. The van der Waals surface area contributed by atoms with Crippen molar-refractivity contribution in [1.82, 2.24) is 4.90 Å². The number of carbonyl (C=O) groups excluding carboxylic acids is 1. The van der Waals surface area contributed by atoms with Crippen LogP contribution in [0.4, 0.5) is 11.4 Å². The van der Waals surface area contributed by atoms with Crippen molar-refractivity contribution < 1.29 is 4.79 Å². The second kappa shape index (κ2) is 6.38. The highest BCUT2D eigenvalue weighted by Gasteiger charge is 2.18. The predicted molar refractivity (Wildman–Crippen MR) is 97.8 cm³/mol. The molecule has 4 nitrogen and oxygen atoms in total. The van der Waals surface area contributed by atoms with Gasteiger partial charge in [-0.05, 0) is 72.6 Å². The fourth-order valence-corrected chi connectivity index (χ4v) is 3.11. The molecule has 118 valence electrons. The van der Waals surface area contributed by atoms with Crippen molar-refractivity contribution in [1.29, 1.82) is 0 Å². The molecule has 5 heteroatoms. The van der Waals surface area contributed by atoms with Gasteiger partial charge in [-0.15, -0.1) is 0 Å². The summed E-state index contributed by atoms with van der Waals surface area (Å²) in [6.45, 7) is 3.56. The summed E-state index contributed by atoms with van der Waals surface area (Å²) >= 11 is 5.54. The Morgan fingerprint density at radius 2 is 2.09 bits per heavy atom. The van der Waals surface area contributed by atoms with Crippen LogP contribution in [-0.4, -0.2) is 22.8 Å². The number of thiocarbonyl (C=S) groups is 1. The summed E-state index contributed by atoms with van der Waals surface area (Å²) in [5, 5.41) is 3.95. The first-order chi connectivity index (χ1) is 11.1. The Morgan fingerprint density at radius 3 is 2.83 bits per heavy atom. The second-order valence-corrected chi connectivity index (χ2v) is 6.21. The summed E-state index contributed by atoms with van der Waals surface area (Å²) in [7, 11) is 0. The van der Waals surface area contributed by atoms with Gasteiger partial charge >= 0.3 is 0 Å². The number of fused-ring (bicyclic) bond motifs is 1. The average Bonchev–Trinajstić information content (AvgIpc) is 2.54. The lowest BCUT2D eigenvalue weighted by molar-refractivity contribution is 0.112. The lowest BCUT2D eigenvalue weighted by atomic mass is 9.99. The van der Waals surface area contributed by atoms with Crippen molar-refractivity contribution in [2.45, 2.75) is 19.9 Å². The molecule has 0 saturated heterocycles. The van der Waals surface area contributed by atoms with E-state index in [0.29, 0.717) is 10.7 Å². The largest absolute Gasteiger partial charge is 0.399 e. The number of aryl methyl sites for hydroxylation is 1. The number of nitrogens with zero attached hydrogens (tertiary/aromatic N) is 1. The van der Waals surface area contributed by atoms with Crippen LogP contribution in [0, 0.1) is 6.92 Å². The zero-order chi connectivity index (χ0) is 16.4. The molecule has 0 amide bonds. The molecule has 2 aromatic rings. The normalized spacial score (nSPS) is 13.3. The number of aldehydes is 1. The number of nitrogens with two attached hydrogens (primary N) is 1. The van der Waals surface area contributed by atoms with Crippen LogP contribution in [-0.2, 0) is 13.0 Å². The van der Waals surface area contributed by atoms with Gasteiger partial charge in [0.05, 0.1) is 0 Å². The molecular formula is C18H19N3OS. The standard InChI is InChI=1S/C18H19N3OS/c1-12-8-17(5-3-14(12)11-22)20-18(23)21-7-6-13-2-4-16(19)9-15(13)10-21/h2-5,8-9,11H,6-7,10,19H2,1H3,(H,20,23). The van der Waals surface area contributed by atoms with Gasteiger partial charge in [0, 0.05) is 30.0 Å². The molecule has 2 aromatic carbocycles. The van der Waals surface area contributed by atoms with Gasteiger partial charge in [-0.1, -0.05) is 6.07 Å². The maximum atomic E-state index is 10.9. The highest BCUT2D eigenvalue weighted by Crippen LogP contribution is 2.22. The topological polar surface area (TPSA) is 58.4 Å². The van der Waals surface area contributed by atoms with E-state index in [2.05, 4.69) is 16.3 Å². The highest BCUT2D eigenvalue weighted by atomic mass is 32.1. The number of carbonyl (C=O) groups is 1. The zero-order valence-corrected chi connectivity index (χ0v) is 13.8. The molecule has 3 rings (SSSR count). The van der Waals surface area contributed by atoms with Crippen LogP contribution in [0.15, 0.2) is 36.4 Å². The van der Waals surface area contributed by atoms with Gasteiger partial charge in [0.1, 0.15) is 6.29 Å². The first-order valence-electron chi connectivity index (χ1n) is 7.56. The van der Waals surface area contributed by atoms with E-state index in [9.17, 15) is 4.79 Å². The van der Waals surface area contributed by atoms with E-state index in [1.165, 1.54) is 11.1 Å². The summed E-state index contributed by atoms with van der Waals surface area (Å²) in [5.74, 6) is 0. The molecule has 0 aromatic heterocycles. The molecule has 0 aliphatic carbocycles. The fourth-order valence-electron chi connectivity index (χ4n) is 2.84. The number of nitrogen functional groups attached to an aromatic ring is 1. The molecular weight excluding hydrogens is 306 g/mol. The van der Waals surface area contributed by atoms with Crippen LogP contribution in [0.25, 0.3) is 0 Å². The van der Waals surface area contributed by atoms with Crippen LogP contribution in [0.3, 0.4) is 0 Å². The van der Waals surface area contributed by atoms with Crippen molar-refractivity contribution >= 4 is 35.0 Å². The third-order valence-electron chi connectivity index (χ3n) is 4.18. The Labute approximate surface area is 141 Å². The number of hydrogen-bond donors (Lipinski definition) is 2. The van der Waals surface area contributed by atoms with E-state index in [1.54, 1.807) is 6.07 Å². The molecule has 0 saturated carbocycles. The van der Waals surface area contributed by atoms with Crippen LogP contribution in [0.1, 0.15) is 27.0 Å². The van der Waals surface area contributed by atoms with Crippen molar-refractivity contribution in [3.63, 3.8) is 0 Å². The summed E-state index contributed by atoms with van der Waals surface area (Å²) in [4.78, 5) is 13.0. The smallest absolute Gasteiger partial charge is 0.173 e. The molecule has 23 heavy (non-hydrogen) atoms. The van der Waals surface area contributed by atoms with Crippen molar-refractivity contribution in [2.75, 3.05) is 17.6 Å². The van der Waals surface area contributed by atoms with Crippen LogP contribution < -0.4 is 11.1 Å². The number of benzene rings is 2. The van der Waals surface area contributed by atoms with E-state index in [0.717, 1.165) is 42.7 Å². The highest BCUT2D eigenvalue weighted by molar-refractivity contribution is 7.80. The average molecular weight is 325 g/mol. The summed E-state index contributed by atoms with van der Waals surface area (Å²) in [6, 6.07) is 11.7. The Morgan fingerprint density at radius 1 is 1.26 bits per heavy atom. The van der Waals surface area contributed by atoms with E-state index < -0.39 is 0 Å². The minimum Gasteiger partial charge on any atom is -0.399 e. The van der Waals surface area contributed by atoms with E-state index in [-0.39, 0.29) is 0 Å². The third kappa shape index (κ3) is 3.35. The zero-order valence-electron chi connectivity index (χ0n) is 13.0. The Balaban J connectivity index is 1.72. The van der Waals surface area contributed by atoms with Crippen molar-refractivity contribution in [3.05, 3.63) is 58.7 Å². The van der Waals surface area contributed by atoms with Crippen LogP contribution in [0.5, 0.6) is 0 Å². The lowest BCUT2D eigenvalue weighted by Gasteiger charge is -2.31. The van der Waals surface area contributed by atoms with E-state index in [4.69, 9.17) is 18.0 Å². The molecule has 0 atom stereocenters. The maximum absolute atomic E-state index is 10.9. The van der Waals surface area contributed by atoms with Gasteiger partial charge in [0.2, 0.25) is 0 Å². The van der Waals surface area contributed by atoms with Gasteiger partial charge in [-0.25, -0.2) is 0 Å². The molecule has 0 unspecified atom stereocenters. The SMILES string of the molecule is Cc1cc(NC(=S)N2CCc3ccc(N)cc3C2)ccc1C=O. The summed E-state index contributed by atoms with van der Waals surface area (Å²) in [5.41, 5.74) is 11.8. The maximum Gasteiger partial charge on any atom is 0.173 e. The molecule has 3 N–H and O–H groups in total. The molecule has 1 aliphatic heterocycles. The molecule has 1 heterocycles. The van der Waals surface area contributed by atoms with E-state index in [1.807, 2.05) is 31.2 Å². The first-order valence-corrected chi connectivity index (χ1v) is 7.96. The fraction of sp³-hybridized carbons (Fsp3) is 0.222. The lowest BCUT2D eigenvalue weighted by Crippen LogP contribution is -2.38. The number of anilines is 2. The molecule has 0 spiro atoms. The van der Waals surface area contributed by atoms with E-state index >= 15 is 0 Å². The Hall–Kier alpha value is -2.40. The monoisotopic (exact) mass is 325 g/mol. The third-order valence-corrected chi connectivity index (χ3v) is 4.54. The minimum absolute atomic E-state index is 0.691. The van der Waals surface area contributed by atoms with Gasteiger partial charge < -0.3 is 16.0 Å². The number of rotatable bonds is 2.